The summed E-state index contributed by atoms with van der Waals surface area (Å²) in [6, 6.07) is 0. The number of rotatable bonds is 12. The van der Waals surface area contributed by atoms with Crippen LogP contribution in [0.1, 0.15) is 98.3 Å². The fraction of sp³-hybridized carbons (Fsp3) is 0.909. The zero-order valence-electron chi connectivity index (χ0n) is 18.3. The molecule has 150 valence electrons. The van der Waals surface area contributed by atoms with Crippen molar-refractivity contribution in [1.29, 1.82) is 0 Å². The van der Waals surface area contributed by atoms with Crippen molar-refractivity contribution in [3.05, 3.63) is 14.9 Å². The zero-order chi connectivity index (χ0) is 16.3. The van der Waals surface area contributed by atoms with Crippen LogP contribution in [0.3, 0.4) is 0 Å². The van der Waals surface area contributed by atoms with Crippen molar-refractivity contribution in [1.82, 2.24) is 0 Å². The van der Waals surface area contributed by atoms with Crippen molar-refractivity contribution in [2.45, 2.75) is 110 Å². The standard InChI is InChI=1S/C20H42P2.2CH3.Ti/c1-5-9-13-21-18-15-19(22-14-10-6-2)17-20(16-18,11-7-3)12-8-4;;;/h18-19,21-22H,5-17H2,1-4H3;2*1H3;/q;2*-1;+2. The molecule has 1 fully saturated rings. The minimum atomic E-state index is 0. The molecule has 0 aromatic heterocycles. The molecular formula is C22H48P2Ti. The van der Waals surface area contributed by atoms with Gasteiger partial charge in [-0.15, -0.1) is 17.2 Å². The van der Waals surface area contributed by atoms with Gasteiger partial charge in [-0.3, -0.25) is 0 Å². The molecule has 0 N–H and O–H groups in total. The van der Waals surface area contributed by atoms with Gasteiger partial charge in [0.25, 0.3) is 0 Å². The van der Waals surface area contributed by atoms with Crippen molar-refractivity contribution in [2.24, 2.45) is 5.41 Å². The van der Waals surface area contributed by atoms with Crippen LogP contribution in [0.2, 0.25) is 0 Å². The summed E-state index contributed by atoms with van der Waals surface area (Å²) >= 11 is 0. The van der Waals surface area contributed by atoms with Gasteiger partial charge in [0.05, 0.1) is 0 Å². The Morgan fingerprint density at radius 2 is 1.12 bits per heavy atom. The van der Waals surface area contributed by atoms with Gasteiger partial charge >= 0.3 is 21.7 Å². The molecule has 3 heteroatoms. The number of hydrogen-bond donors (Lipinski definition) is 0. The van der Waals surface area contributed by atoms with E-state index in [0.29, 0.717) is 0 Å². The number of unbranched alkanes of at least 4 members (excludes halogenated alkanes) is 2. The molecule has 0 spiro atoms. The Morgan fingerprint density at radius 3 is 1.44 bits per heavy atom. The molecule has 0 heterocycles. The molecule has 1 rings (SSSR count). The van der Waals surface area contributed by atoms with Crippen LogP contribution in [0, 0.1) is 20.3 Å². The van der Waals surface area contributed by atoms with Crippen molar-refractivity contribution < 1.29 is 21.7 Å². The second-order valence-electron chi connectivity index (χ2n) is 7.65. The first kappa shape index (κ1) is 31.3. The van der Waals surface area contributed by atoms with Gasteiger partial charge < -0.3 is 14.9 Å². The van der Waals surface area contributed by atoms with Gasteiger partial charge in [0, 0.05) is 0 Å². The van der Waals surface area contributed by atoms with Crippen LogP contribution in [0.4, 0.5) is 0 Å². The molecule has 0 bridgehead atoms. The average Bonchev–Trinajstić information content (AvgIpc) is 2.48. The summed E-state index contributed by atoms with van der Waals surface area (Å²) in [5.41, 5.74) is 2.89. The topological polar surface area (TPSA) is 0 Å². The smallest absolute Gasteiger partial charge is 0.358 e. The third-order valence-corrected chi connectivity index (χ3v) is 8.73. The van der Waals surface area contributed by atoms with Crippen molar-refractivity contribution in [3.63, 3.8) is 0 Å². The van der Waals surface area contributed by atoms with Crippen molar-refractivity contribution >= 4 is 17.2 Å². The Labute approximate surface area is 180 Å². The molecule has 0 saturated heterocycles. The molecule has 1 aliphatic rings. The van der Waals surface area contributed by atoms with E-state index < -0.39 is 0 Å². The van der Waals surface area contributed by atoms with Crippen LogP contribution < -0.4 is 0 Å². The van der Waals surface area contributed by atoms with Gasteiger partial charge in [0.2, 0.25) is 0 Å². The molecule has 0 aromatic carbocycles. The van der Waals surface area contributed by atoms with E-state index >= 15 is 0 Å². The summed E-state index contributed by atoms with van der Waals surface area (Å²) in [4.78, 5) is 0. The SMILES string of the molecule is CCCCPC1CC(PCCCC)CC(CCC)(CCC)C1.[CH3-].[CH3-].[Ti+2]. The Morgan fingerprint density at radius 1 is 0.720 bits per heavy atom. The minimum Gasteiger partial charge on any atom is -0.358 e. The Hall–Kier alpha value is 1.57. The van der Waals surface area contributed by atoms with Crippen molar-refractivity contribution in [2.75, 3.05) is 12.3 Å². The van der Waals surface area contributed by atoms with Gasteiger partial charge in [-0.05, 0) is 74.0 Å². The molecule has 0 radical (unpaired) electrons. The molecule has 0 nitrogen and oxygen atoms in total. The van der Waals surface area contributed by atoms with Crippen LogP contribution in [-0.2, 0) is 21.7 Å². The van der Waals surface area contributed by atoms with Crippen molar-refractivity contribution in [3.8, 4) is 0 Å². The van der Waals surface area contributed by atoms with E-state index in [2.05, 4.69) is 27.7 Å². The summed E-state index contributed by atoms with van der Waals surface area (Å²) in [6.45, 7) is 9.51. The molecule has 25 heavy (non-hydrogen) atoms. The van der Waals surface area contributed by atoms with E-state index in [1.165, 1.54) is 80.9 Å². The third-order valence-electron chi connectivity index (χ3n) is 5.42. The van der Waals surface area contributed by atoms with Gasteiger partial charge in [0.1, 0.15) is 0 Å². The molecule has 4 unspecified atom stereocenters. The molecule has 0 amide bonds. The van der Waals surface area contributed by atoms with E-state index in [1.54, 1.807) is 19.3 Å². The average molecular weight is 422 g/mol. The predicted molar refractivity (Wildman–Crippen MR) is 123 cm³/mol. The Kier molecular flexibility index (Phi) is 23.7. The fourth-order valence-corrected chi connectivity index (χ4v) is 8.73. The zero-order valence-corrected chi connectivity index (χ0v) is 21.9. The van der Waals surface area contributed by atoms with Gasteiger partial charge in [-0.25, -0.2) is 0 Å². The van der Waals surface area contributed by atoms with E-state index in [-0.39, 0.29) is 36.6 Å². The summed E-state index contributed by atoms with van der Waals surface area (Å²) in [6.07, 6.45) is 19.3. The van der Waals surface area contributed by atoms with Gasteiger partial charge in [-0.1, -0.05) is 53.4 Å². The fourth-order valence-electron chi connectivity index (χ4n) is 4.51. The first-order valence-electron chi connectivity index (χ1n) is 10.2. The maximum Gasteiger partial charge on any atom is 2.00 e. The maximum atomic E-state index is 2.41. The summed E-state index contributed by atoms with van der Waals surface area (Å²) < 4.78 is 0. The van der Waals surface area contributed by atoms with E-state index in [0.717, 1.165) is 16.7 Å². The van der Waals surface area contributed by atoms with E-state index in [4.69, 9.17) is 0 Å². The molecule has 0 aromatic rings. The number of hydrogen-bond acceptors (Lipinski definition) is 0. The maximum absolute atomic E-state index is 2.41. The van der Waals surface area contributed by atoms with Crippen LogP contribution in [-0.4, -0.2) is 23.6 Å². The van der Waals surface area contributed by atoms with E-state index in [9.17, 15) is 0 Å². The van der Waals surface area contributed by atoms with Crippen LogP contribution >= 0.6 is 17.2 Å². The first-order valence-corrected chi connectivity index (χ1v) is 12.7. The summed E-state index contributed by atoms with van der Waals surface area (Å²) in [5.74, 6) is 0. The summed E-state index contributed by atoms with van der Waals surface area (Å²) in [7, 11) is 2.52. The predicted octanol–water partition coefficient (Wildman–Crippen LogP) is 8.35. The van der Waals surface area contributed by atoms with Gasteiger partial charge in [0.15, 0.2) is 0 Å². The molecule has 0 aliphatic heterocycles. The quantitative estimate of drug-likeness (QED) is 0.128. The van der Waals surface area contributed by atoms with Crippen LogP contribution in [0.25, 0.3) is 0 Å². The van der Waals surface area contributed by atoms with Crippen LogP contribution in [0.5, 0.6) is 0 Å². The monoisotopic (exact) mass is 422 g/mol. The molecular weight excluding hydrogens is 374 g/mol. The first-order chi connectivity index (χ1) is 10.7. The molecule has 1 saturated carbocycles. The van der Waals surface area contributed by atoms with E-state index in [1.807, 2.05) is 0 Å². The van der Waals surface area contributed by atoms with Crippen LogP contribution in [0.15, 0.2) is 0 Å². The Bertz CT molecular complexity index is 245. The summed E-state index contributed by atoms with van der Waals surface area (Å²) in [5, 5.41) is 0. The minimum absolute atomic E-state index is 0. The molecule has 1 aliphatic carbocycles. The largest absolute Gasteiger partial charge is 2.00 e. The third kappa shape index (κ3) is 12.6. The Balaban J connectivity index is -0.00000161. The normalized spacial score (nSPS) is 22.6. The second kappa shape index (κ2) is 18.9. The second-order valence-corrected chi connectivity index (χ2v) is 11.1. The van der Waals surface area contributed by atoms with Gasteiger partial charge in [-0.2, -0.15) is 0 Å². The molecule has 4 atom stereocenters.